The number of hydrazone groups is 1. The van der Waals surface area contributed by atoms with Crippen LogP contribution in [0.15, 0.2) is 59.7 Å². The largest absolute Gasteiger partial charge is 0.323 e. The highest BCUT2D eigenvalue weighted by molar-refractivity contribution is 6.10. The average molecular weight is 263 g/mol. The second-order valence-corrected chi connectivity index (χ2v) is 5.01. The van der Waals surface area contributed by atoms with Gasteiger partial charge in [0.1, 0.15) is 0 Å². The smallest absolute Gasteiger partial charge is 0.257 e. The van der Waals surface area contributed by atoms with Crippen molar-refractivity contribution >= 4 is 23.5 Å². The maximum atomic E-state index is 12.6. The molecule has 4 nitrogen and oxygen atoms in total. The Labute approximate surface area is 116 Å². The van der Waals surface area contributed by atoms with Gasteiger partial charge in [0.25, 0.3) is 5.91 Å². The maximum absolute atomic E-state index is 12.6. The molecule has 0 saturated carbocycles. The van der Waals surface area contributed by atoms with Crippen LogP contribution in [0.2, 0.25) is 0 Å². The fourth-order valence-electron chi connectivity index (χ4n) is 3.01. The summed E-state index contributed by atoms with van der Waals surface area (Å²) in [7, 11) is 0. The molecule has 0 radical (unpaired) electrons. The number of fused-ring (bicyclic) bond motifs is 2. The van der Waals surface area contributed by atoms with Crippen molar-refractivity contribution in [3.63, 3.8) is 0 Å². The first kappa shape index (κ1) is 11.2. The topological polar surface area (TPSA) is 44.7 Å². The van der Waals surface area contributed by atoms with Crippen molar-refractivity contribution in [1.29, 1.82) is 0 Å². The van der Waals surface area contributed by atoms with Crippen molar-refractivity contribution in [3.05, 3.63) is 60.2 Å². The van der Waals surface area contributed by atoms with E-state index < -0.39 is 5.54 Å². The lowest BCUT2D eigenvalue weighted by Crippen LogP contribution is -2.45. The monoisotopic (exact) mass is 263 g/mol. The zero-order valence-corrected chi connectivity index (χ0v) is 10.8. The van der Waals surface area contributed by atoms with Crippen LogP contribution >= 0.6 is 0 Å². The Balaban J connectivity index is 1.91. The molecular formula is C16H13N3O. The van der Waals surface area contributed by atoms with Crippen LogP contribution in [0.25, 0.3) is 0 Å². The van der Waals surface area contributed by atoms with E-state index in [4.69, 9.17) is 0 Å². The van der Waals surface area contributed by atoms with E-state index in [0.717, 1.165) is 16.9 Å². The fourth-order valence-corrected chi connectivity index (χ4v) is 3.01. The molecule has 1 unspecified atom stereocenters. The van der Waals surface area contributed by atoms with Crippen LogP contribution in [0.4, 0.5) is 11.4 Å². The summed E-state index contributed by atoms with van der Waals surface area (Å²) in [4.78, 5) is 12.6. The van der Waals surface area contributed by atoms with Crippen molar-refractivity contribution in [3.8, 4) is 0 Å². The van der Waals surface area contributed by atoms with E-state index in [1.54, 1.807) is 0 Å². The molecule has 0 aromatic heterocycles. The van der Waals surface area contributed by atoms with Crippen LogP contribution in [0.3, 0.4) is 0 Å². The van der Waals surface area contributed by atoms with Gasteiger partial charge in [-0.25, -0.2) is 5.01 Å². The first-order valence-electron chi connectivity index (χ1n) is 6.61. The third kappa shape index (κ3) is 1.30. The molecule has 0 aliphatic carbocycles. The first-order chi connectivity index (χ1) is 9.82. The van der Waals surface area contributed by atoms with Crippen molar-refractivity contribution in [1.82, 2.24) is 0 Å². The zero-order chi connectivity index (χ0) is 13.6. The Kier molecular flexibility index (Phi) is 2.21. The van der Waals surface area contributed by atoms with Gasteiger partial charge in [0.15, 0.2) is 5.54 Å². The van der Waals surface area contributed by atoms with Gasteiger partial charge in [-0.15, -0.1) is 0 Å². The fraction of sp³-hybridized carbons (Fsp3) is 0.125. The summed E-state index contributed by atoms with van der Waals surface area (Å²) in [5, 5.41) is 9.23. The van der Waals surface area contributed by atoms with E-state index >= 15 is 0 Å². The molecule has 0 fully saturated rings. The molecule has 2 heterocycles. The van der Waals surface area contributed by atoms with Gasteiger partial charge in [0.05, 0.1) is 5.69 Å². The highest BCUT2D eigenvalue weighted by Crippen LogP contribution is 2.46. The summed E-state index contributed by atoms with van der Waals surface area (Å²) in [6, 6.07) is 17.6. The Morgan fingerprint density at radius 1 is 1.05 bits per heavy atom. The van der Waals surface area contributed by atoms with Gasteiger partial charge in [-0.3, -0.25) is 4.79 Å². The normalized spacial score (nSPS) is 23.2. The number of anilines is 2. The number of rotatable bonds is 1. The van der Waals surface area contributed by atoms with E-state index in [1.165, 1.54) is 0 Å². The summed E-state index contributed by atoms with van der Waals surface area (Å²) in [5.41, 5.74) is 2.06. The lowest BCUT2D eigenvalue weighted by Gasteiger charge is -2.32. The molecule has 2 aromatic carbocycles. The standard InChI is InChI=1S/C16H13N3O/c20-15-16(13-8-4-5-9-14(13)18-15)10-11-17-19(16)12-6-2-1-3-7-12/h1-9,11H,10H2,(H,18,20). The van der Waals surface area contributed by atoms with Crippen molar-refractivity contribution < 1.29 is 4.79 Å². The zero-order valence-electron chi connectivity index (χ0n) is 10.8. The predicted octanol–water partition coefficient (Wildman–Crippen LogP) is 2.73. The van der Waals surface area contributed by atoms with E-state index in [-0.39, 0.29) is 5.91 Å². The van der Waals surface area contributed by atoms with E-state index in [1.807, 2.05) is 65.8 Å². The predicted molar refractivity (Wildman–Crippen MR) is 78.8 cm³/mol. The molecular weight excluding hydrogens is 250 g/mol. The Bertz CT molecular complexity index is 711. The Morgan fingerprint density at radius 3 is 2.65 bits per heavy atom. The van der Waals surface area contributed by atoms with Crippen molar-refractivity contribution in [2.45, 2.75) is 12.0 Å². The summed E-state index contributed by atoms with van der Waals surface area (Å²) in [6.07, 6.45) is 2.40. The van der Waals surface area contributed by atoms with Gasteiger partial charge in [-0.1, -0.05) is 36.4 Å². The highest BCUT2D eigenvalue weighted by Gasteiger charge is 2.53. The van der Waals surface area contributed by atoms with Crippen LogP contribution in [0, 0.1) is 0 Å². The molecule has 20 heavy (non-hydrogen) atoms. The summed E-state index contributed by atoms with van der Waals surface area (Å²) in [6.45, 7) is 0. The number of nitrogens with zero attached hydrogens (tertiary/aromatic N) is 2. The van der Waals surface area contributed by atoms with Crippen LogP contribution in [0.1, 0.15) is 12.0 Å². The summed E-state index contributed by atoms with van der Waals surface area (Å²) in [5.74, 6) is -0.0138. The number of nitrogens with one attached hydrogen (secondary N) is 1. The molecule has 2 aliphatic heterocycles. The SMILES string of the molecule is O=C1Nc2ccccc2C12CC=NN2c1ccccc1. The quantitative estimate of drug-likeness (QED) is 0.859. The van der Waals surface area contributed by atoms with E-state index in [9.17, 15) is 4.79 Å². The molecule has 4 heteroatoms. The third-order valence-electron chi connectivity index (χ3n) is 3.94. The van der Waals surface area contributed by atoms with Gasteiger partial charge in [-0.2, -0.15) is 5.10 Å². The van der Waals surface area contributed by atoms with Crippen LogP contribution in [0.5, 0.6) is 0 Å². The molecule has 98 valence electrons. The number of carbonyl (C=O) groups excluding carboxylic acids is 1. The van der Waals surface area contributed by atoms with Crippen molar-refractivity contribution in [2.24, 2.45) is 5.10 Å². The number of carbonyl (C=O) groups is 1. The second kappa shape index (κ2) is 3.93. The Hall–Kier alpha value is -2.62. The van der Waals surface area contributed by atoms with Gasteiger partial charge in [-0.05, 0) is 18.2 Å². The van der Waals surface area contributed by atoms with Crippen LogP contribution < -0.4 is 10.3 Å². The maximum Gasteiger partial charge on any atom is 0.257 e. The second-order valence-electron chi connectivity index (χ2n) is 5.01. The van der Waals surface area contributed by atoms with Crippen LogP contribution in [-0.4, -0.2) is 12.1 Å². The Morgan fingerprint density at radius 2 is 1.80 bits per heavy atom. The molecule has 4 rings (SSSR count). The molecule has 2 aliphatic rings. The summed E-state index contributed by atoms with van der Waals surface area (Å²) >= 11 is 0. The highest BCUT2D eigenvalue weighted by atomic mass is 16.2. The number of hydrogen-bond donors (Lipinski definition) is 1. The summed E-state index contributed by atoms with van der Waals surface area (Å²) < 4.78 is 0. The molecule has 1 spiro atoms. The van der Waals surface area contributed by atoms with Crippen molar-refractivity contribution in [2.75, 3.05) is 10.3 Å². The average Bonchev–Trinajstić information content (AvgIpc) is 3.05. The molecule has 0 bridgehead atoms. The lowest BCUT2D eigenvalue weighted by atomic mass is 9.88. The molecule has 2 aromatic rings. The minimum absolute atomic E-state index is 0.0138. The number of benzene rings is 2. The minimum atomic E-state index is -0.738. The van der Waals surface area contributed by atoms with Gasteiger partial charge in [0.2, 0.25) is 0 Å². The van der Waals surface area contributed by atoms with Gasteiger partial charge in [0, 0.05) is 23.9 Å². The van der Waals surface area contributed by atoms with Gasteiger partial charge >= 0.3 is 0 Å². The van der Waals surface area contributed by atoms with Gasteiger partial charge < -0.3 is 5.32 Å². The van der Waals surface area contributed by atoms with E-state index in [0.29, 0.717) is 6.42 Å². The number of amides is 1. The molecule has 0 saturated heterocycles. The number of hydrogen-bond acceptors (Lipinski definition) is 3. The molecule has 1 atom stereocenters. The lowest BCUT2D eigenvalue weighted by molar-refractivity contribution is -0.120. The van der Waals surface area contributed by atoms with E-state index in [2.05, 4.69) is 10.4 Å². The molecule has 1 N–H and O–H groups in total. The van der Waals surface area contributed by atoms with Crippen LogP contribution in [-0.2, 0) is 10.3 Å². The minimum Gasteiger partial charge on any atom is -0.323 e. The third-order valence-corrected chi connectivity index (χ3v) is 3.94. The first-order valence-corrected chi connectivity index (χ1v) is 6.61. The molecule has 1 amide bonds. The number of para-hydroxylation sites is 2.